The van der Waals surface area contributed by atoms with E-state index in [4.69, 9.17) is 4.74 Å². The van der Waals surface area contributed by atoms with Crippen LogP contribution in [0.1, 0.15) is 12.5 Å². The average Bonchev–Trinajstić information content (AvgIpc) is 3.05. The fraction of sp³-hybridized carbons (Fsp3) is 0.412. The Labute approximate surface area is 128 Å². The lowest BCUT2D eigenvalue weighted by molar-refractivity contribution is -0.131. The Hall–Kier alpha value is -1.98. The molecule has 2 amide bonds. The highest BCUT2D eigenvalue weighted by molar-refractivity contribution is 6.23. The molecule has 2 fully saturated rings. The van der Waals surface area contributed by atoms with Crippen LogP contribution in [0.5, 0.6) is 0 Å². The zero-order chi connectivity index (χ0) is 15.7. The normalized spacial score (nSPS) is 39.0. The molecule has 3 heterocycles. The highest BCUT2D eigenvalue weighted by Gasteiger charge is 2.72. The Balaban J connectivity index is 1.82. The molecule has 0 saturated carbocycles. The fourth-order valence-electron chi connectivity index (χ4n) is 4.06. The largest absolute Gasteiger partial charge is 0.393 e. The molecule has 4 rings (SSSR count). The molecule has 3 aliphatic rings. The second-order valence-corrected chi connectivity index (χ2v) is 6.54. The number of carbonyl (C=O) groups excluding carboxylic acids is 2. The van der Waals surface area contributed by atoms with Crippen LogP contribution in [-0.2, 0) is 14.3 Å². The number of aryl methyl sites for hydroxylation is 1. The van der Waals surface area contributed by atoms with E-state index in [0.717, 1.165) is 5.56 Å². The molecule has 5 heteroatoms. The number of aliphatic hydroxyl groups excluding tert-OH is 1. The Bertz CT molecular complexity index is 727. The van der Waals surface area contributed by atoms with Gasteiger partial charge in [-0.25, -0.2) is 4.90 Å². The highest BCUT2D eigenvalue weighted by atomic mass is 16.5. The van der Waals surface area contributed by atoms with Gasteiger partial charge in [-0.2, -0.15) is 0 Å². The first-order valence-electron chi connectivity index (χ1n) is 7.38. The van der Waals surface area contributed by atoms with Crippen molar-refractivity contribution in [3.8, 4) is 0 Å². The van der Waals surface area contributed by atoms with Gasteiger partial charge in [-0.1, -0.05) is 24.3 Å². The van der Waals surface area contributed by atoms with Crippen LogP contribution in [-0.4, -0.2) is 34.7 Å². The van der Waals surface area contributed by atoms with Crippen LogP contribution in [0.2, 0.25) is 0 Å². The molecule has 1 aromatic carbocycles. The van der Waals surface area contributed by atoms with Crippen LogP contribution in [0.3, 0.4) is 0 Å². The van der Waals surface area contributed by atoms with Crippen molar-refractivity contribution in [1.82, 2.24) is 0 Å². The Morgan fingerprint density at radius 3 is 2.64 bits per heavy atom. The number of carbonyl (C=O) groups is 2. The summed E-state index contributed by atoms with van der Waals surface area (Å²) in [6.45, 7) is 3.41. The maximum atomic E-state index is 12.9. The lowest BCUT2D eigenvalue weighted by Gasteiger charge is -2.27. The number of fused-ring (bicyclic) bond motifs is 5. The van der Waals surface area contributed by atoms with E-state index in [-0.39, 0.29) is 18.4 Å². The van der Waals surface area contributed by atoms with Crippen molar-refractivity contribution in [2.24, 2.45) is 11.8 Å². The molecule has 2 saturated heterocycles. The SMILES string of the molecule is Cc1cccc(N2C(=O)[C@H]3[C@H](C2=O)[C@@]2(CO)C=C[C@@]3(C)O2)c1. The van der Waals surface area contributed by atoms with Gasteiger partial charge in [-0.05, 0) is 31.5 Å². The van der Waals surface area contributed by atoms with Crippen LogP contribution < -0.4 is 4.90 Å². The Morgan fingerprint density at radius 1 is 1.23 bits per heavy atom. The summed E-state index contributed by atoms with van der Waals surface area (Å²) in [5.41, 5.74) is -0.320. The van der Waals surface area contributed by atoms with Gasteiger partial charge in [0, 0.05) is 0 Å². The number of imide groups is 1. The lowest BCUT2D eigenvalue weighted by atomic mass is 9.73. The minimum absolute atomic E-state index is 0.247. The second kappa shape index (κ2) is 4.06. The van der Waals surface area contributed by atoms with Crippen LogP contribution in [0.15, 0.2) is 36.4 Å². The molecule has 0 aromatic heterocycles. The predicted octanol–water partition coefficient (Wildman–Crippen LogP) is 1.19. The summed E-state index contributed by atoms with van der Waals surface area (Å²) in [5, 5.41) is 9.75. The van der Waals surface area contributed by atoms with Gasteiger partial charge in [0.15, 0.2) is 0 Å². The van der Waals surface area contributed by atoms with Crippen molar-refractivity contribution in [2.75, 3.05) is 11.5 Å². The van der Waals surface area contributed by atoms with Crippen molar-refractivity contribution in [1.29, 1.82) is 0 Å². The van der Waals surface area contributed by atoms with Gasteiger partial charge in [-0.15, -0.1) is 0 Å². The first kappa shape index (κ1) is 13.7. The molecule has 0 radical (unpaired) electrons. The molecule has 114 valence electrons. The fourth-order valence-corrected chi connectivity index (χ4v) is 4.06. The number of hydrogen-bond acceptors (Lipinski definition) is 4. The van der Waals surface area contributed by atoms with Crippen LogP contribution in [0, 0.1) is 18.8 Å². The van der Waals surface area contributed by atoms with Gasteiger partial charge in [0.05, 0.1) is 29.7 Å². The maximum Gasteiger partial charge on any atom is 0.241 e. The molecule has 0 unspecified atom stereocenters. The maximum absolute atomic E-state index is 12.9. The van der Waals surface area contributed by atoms with E-state index >= 15 is 0 Å². The minimum atomic E-state index is -1.06. The number of nitrogens with zero attached hydrogens (tertiary/aromatic N) is 1. The molecular weight excluding hydrogens is 282 g/mol. The number of hydrogen-bond donors (Lipinski definition) is 1. The summed E-state index contributed by atoms with van der Waals surface area (Å²) in [4.78, 5) is 27.0. The molecular formula is C17H17NO4. The topological polar surface area (TPSA) is 66.8 Å². The molecule has 3 aliphatic heterocycles. The van der Waals surface area contributed by atoms with E-state index in [0.29, 0.717) is 5.69 Å². The molecule has 1 aromatic rings. The van der Waals surface area contributed by atoms with Gasteiger partial charge in [0.25, 0.3) is 0 Å². The number of ether oxygens (including phenoxy) is 1. The zero-order valence-electron chi connectivity index (χ0n) is 12.4. The monoisotopic (exact) mass is 299 g/mol. The molecule has 5 nitrogen and oxygen atoms in total. The summed E-state index contributed by atoms with van der Waals surface area (Å²) < 4.78 is 5.88. The Morgan fingerprint density at radius 2 is 1.95 bits per heavy atom. The third-order valence-electron chi connectivity index (χ3n) is 5.06. The number of anilines is 1. The number of aliphatic hydroxyl groups is 1. The van der Waals surface area contributed by atoms with Gasteiger partial charge >= 0.3 is 0 Å². The van der Waals surface area contributed by atoms with E-state index < -0.39 is 23.0 Å². The van der Waals surface area contributed by atoms with Crippen molar-refractivity contribution < 1.29 is 19.4 Å². The number of amides is 2. The second-order valence-electron chi connectivity index (χ2n) is 6.54. The van der Waals surface area contributed by atoms with Crippen LogP contribution in [0.4, 0.5) is 5.69 Å². The summed E-state index contributed by atoms with van der Waals surface area (Å²) in [6.07, 6.45) is 3.54. The van der Waals surface area contributed by atoms with Gasteiger partial charge in [0.2, 0.25) is 11.8 Å². The Kier molecular flexibility index (Phi) is 2.52. The predicted molar refractivity (Wildman–Crippen MR) is 79.1 cm³/mol. The third-order valence-corrected chi connectivity index (χ3v) is 5.06. The molecule has 1 N–H and O–H groups in total. The van der Waals surface area contributed by atoms with Crippen LogP contribution in [0.25, 0.3) is 0 Å². The summed E-state index contributed by atoms with van der Waals surface area (Å²) >= 11 is 0. The highest BCUT2D eigenvalue weighted by Crippen LogP contribution is 2.57. The first-order valence-corrected chi connectivity index (χ1v) is 7.38. The lowest BCUT2D eigenvalue weighted by Crippen LogP contribution is -2.43. The van der Waals surface area contributed by atoms with Crippen LogP contribution >= 0.6 is 0 Å². The molecule has 0 spiro atoms. The quantitative estimate of drug-likeness (QED) is 0.658. The average molecular weight is 299 g/mol. The minimum Gasteiger partial charge on any atom is -0.393 e. The first-order chi connectivity index (χ1) is 10.4. The zero-order valence-corrected chi connectivity index (χ0v) is 12.4. The third kappa shape index (κ3) is 1.45. The summed E-state index contributed by atoms with van der Waals surface area (Å²) in [6, 6.07) is 7.32. The molecule has 0 aliphatic carbocycles. The van der Waals surface area contributed by atoms with Crippen molar-refractivity contribution in [3.05, 3.63) is 42.0 Å². The van der Waals surface area contributed by atoms with Crippen molar-refractivity contribution in [3.63, 3.8) is 0 Å². The van der Waals surface area contributed by atoms with Gasteiger partial charge < -0.3 is 9.84 Å². The molecule has 2 bridgehead atoms. The van der Waals surface area contributed by atoms with Gasteiger partial charge in [-0.3, -0.25) is 9.59 Å². The van der Waals surface area contributed by atoms with E-state index in [1.54, 1.807) is 25.1 Å². The smallest absolute Gasteiger partial charge is 0.241 e. The van der Waals surface area contributed by atoms with Crippen molar-refractivity contribution >= 4 is 17.5 Å². The van der Waals surface area contributed by atoms with E-state index in [2.05, 4.69) is 0 Å². The van der Waals surface area contributed by atoms with E-state index in [1.165, 1.54) is 4.90 Å². The number of rotatable bonds is 2. The van der Waals surface area contributed by atoms with Gasteiger partial charge in [0.1, 0.15) is 5.60 Å². The van der Waals surface area contributed by atoms with Crippen molar-refractivity contribution in [2.45, 2.75) is 25.0 Å². The molecule has 22 heavy (non-hydrogen) atoms. The van der Waals surface area contributed by atoms with E-state index in [9.17, 15) is 14.7 Å². The molecule has 4 atom stereocenters. The number of benzene rings is 1. The summed E-state index contributed by atoms with van der Waals surface area (Å²) in [5.74, 6) is -1.76. The summed E-state index contributed by atoms with van der Waals surface area (Å²) in [7, 11) is 0. The standard InChI is InChI=1S/C17H17NO4/c1-10-4-3-5-11(8-10)18-14(20)12-13(15(18)21)17(9-19)7-6-16(12,2)22-17/h3-8,12-13,19H,9H2,1-2H3/t12-,13-,16-,17+/m1/s1. The van der Waals surface area contributed by atoms with E-state index in [1.807, 2.05) is 25.1 Å².